The fourth-order valence-electron chi connectivity index (χ4n) is 1.62. The summed E-state index contributed by atoms with van der Waals surface area (Å²) in [5.41, 5.74) is 3.17. The van der Waals surface area contributed by atoms with Gasteiger partial charge in [0.2, 0.25) is 0 Å². The molecule has 0 saturated heterocycles. The number of halogens is 4. The Balaban J connectivity index is 2.43. The SMILES string of the molecule is Cc1cc(Cl)cc(C(Br)c2cc(Cl)sc2Cl)c1. The van der Waals surface area contributed by atoms with Crippen molar-refractivity contribution in [2.24, 2.45) is 0 Å². The first-order chi connectivity index (χ1) is 7.97. The molecule has 2 aromatic rings. The van der Waals surface area contributed by atoms with E-state index in [-0.39, 0.29) is 4.83 Å². The van der Waals surface area contributed by atoms with Gasteiger partial charge in [-0.2, -0.15) is 0 Å². The van der Waals surface area contributed by atoms with Crippen molar-refractivity contribution < 1.29 is 0 Å². The van der Waals surface area contributed by atoms with E-state index in [4.69, 9.17) is 34.8 Å². The molecule has 0 bridgehead atoms. The predicted octanol–water partition coefficient (Wildman–Crippen LogP) is 6.50. The number of thiophene rings is 1. The van der Waals surface area contributed by atoms with Crippen LogP contribution in [0.3, 0.4) is 0 Å². The van der Waals surface area contributed by atoms with E-state index < -0.39 is 0 Å². The second kappa shape index (κ2) is 5.50. The molecule has 0 amide bonds. The standard InChI is InChI=1S/C12H8BrCl3S/c1-6-2-7(4-8(14)3-6)11(13)9-5-10(15)17-12(9)16/h2-5,11H,1H3. The second-order valence-electron chi connectivity index (χ2n) is 3.70. The zero-order valence-corrected chi connectivity index (χ0v) is 13.5. The van der Waals surface area contributed by atoms with Crippen LogP contribution in [-0.2, 0) is 0 Å². The molecule has 0 aliphatic rings. The van der Waals surface area contributed by atoms with E-state index in [2.05, 4.69) is 22.0 Å². The number of benzene rings is 1. The van der Waals surface area contributed by atoms with Gasteiger partial charge in [-0.3, -0.25) is 0 Å². The van der Waals surface area contributed by atoms with Crippen molar-refractivity contribution in [3.05, 3.63) is 54.7 Å². The van der Waals surface area contributed by atoms with Crippen LogP contribution in [0.25, 0.3) is 0 Å². The zero-order valence-electron chi connectivity index (χ0n) is 8.81. The Bertz CT molecular complexity index is 530. The van der Waals surface area contributed by atoms with Gasteiger partial charge in [-0.1, -0.05) is 56.8 Å². The van der Waals surface area contributed by atoms with Gasteiger partial charge >= 0.3 is 0 Å². The Labute approximate surface area is 128 Å². The van der Waals surface area contributed by atoms with Crippen molar-refractivity contribution in [3.63, 3.8) is 0 Å². The molecule has 0 fully saturated rings. The Morgan fingerprint density at radius 3 is 2.35 bits per heavy atom. The van der Waals surface area contributed by atoms with E-state index >= 15 is 0 Å². The topological polar surface area (TPSA) is 0 Å². The molecule has 0 aliphatic heterocycles. The Kier molecular flexibility index (Phi) is 4.43. The largest absolute Gasteiger partial charge is 0.111 e. The molecule has 5 heteroatoms. The number of hydrogen-bond acceptors (Lipinski definition) is 1. The van der Waals surface area contributed by atoms with Crippen LogP contribution < -0.4 is 0 Å². The molecule has 0 spiro atoms. The normalized spacial score (nSPS) is 12.8. The molecule has 1 unspecified atom stereocenters. The van der Waals surface area contributed by atoms with Crippen molar-refractivity contribution >= 4 is 62.1 Å². The van der Waals surface area contributed by atoms with Gasteiger partial charge in [0.1, 0.15) is 0 Å². The molecule has 0 nitrogen and oxygen atoms in total. The summed E-state index contributed by atoms with van der Waals surface area (Å²) >= 11 is 23.1. The van der Waals surface area contributed by atoms with Crippen molar-refractivity contribution in [2.45, 2.75) is 11.8 Å². The van der Waals surface area contributed by atoms with E-state index in [0.717, 1.165) is 21.7 Å². The Morgan fingerprint density at radius 2 is 1.82 bits per heavy atom. The molecule has 0 aliphatic carbocycles. The highest BCUT2D eigenvalue weighted by atomic mass is 79.9. The molecule has 90 valence electrons. The predicted molar refractivity (Wildman–Crippen MR) is 81.3 cm³/mol. The number of alkyl halides is 1. The quantitative estimate of drug-likeness (QED) is 0.529. The minimum Gasteiger partial charge on any atom is -0.111 e. The average Bonchev–Trinajstić information content (AvgIpc) is 2.55. The van der Waals surface area contributed by atoms with Crippen LogP contribution in [0.15, 0.2) is 24.3 Å². The van der Waals surface area contributed by atoms with Gasteiger partial charge in [-0.05, 0) is 36.2 Å². The van der Waals surface area contributed by atoms with Crippen LogP contribution >= 0.6 is 62.1 Å². The highest BCUT2D eigenvalue weighted by molar-refractivity contribution is 9.09. The molecule has 1 aromatic heterocycles. The van der Waals surface area contributed by atoms with Gasteiger partial charge in [0, 0.05) is 10.6 Å². The highest BCUT2D eigenvalue weighted by Gasteiger charge is 2.17. The van der Waals surface area contributed by atoms with Crippen LogP contribution in [0.4, 0.5) is 0 Å². The number of rotatable bonds is 2. The summed E-state index contributed by atoms with van der Waals surface area (Å²) in [5.74, 6) is 0. The smallest absolute Gasteiger partial charge is 0.0990 e. The minimum absolute atomic E-state index is 0.0103. The fourth-order valence-corrected chi connectivity index (χ4v) is 4.36. The Morgan fingerprint density at radius 1 is 1.12 bits per heavy atom. The summed E-state index contributed by atoms with van der Waals surface area (Å²) in [6.45, 7) is 2.01. The molecule has 0 N–H and O–H groups in total. The third kappa shape index (κ3) is 3.18. The van der Waals surface area contributed by atoms with E-state index in [0.29, 0.717) is 8.67 Å². The van der Waals surface area contributed by atoms with Gasteiger partial charge in [-0.25, -0.2) is 0 Å². The van der Waals surface area contributed by atoms with Crippen LogP contribution in [-0.4, -0.2) is 0 Å². The summed E-state index contributed by atoms with van der Waals surface area (Å²) < 4.78 is 1.39. The van der Waals surface area contributed by atoms with Crippen molar-refractivity contribution in [2.75, 3.05) is 0 Å². The van der Waals surface area contributed by atoms with E-state index in [9.17, 15) is 0 Å². The summed E-state index contributed by atoms with van der Waals surface area (Å²) in [6, 6.07) is 7.81. The van der Waals surface area contributed by atoms with Crippen LogP contribution in [0.1, 0.15) is 21.5 Å². The molecule has 1 aromatic carbocycles. The third-order valence-electron chi connectivity index (χ3n) is 2.31. The van der Waals surface area contributed by atoms with Gasteiger partial charge in [-0.15, -0.1) is 11.3 Å². The van der Waals surface area contributed by atoms with E-state index in [1.165, 1.54) is 11.3 Å². The monoisotopic (exact) mass is 368 g/mol. The number of aryl methyl sites for hydroxylation is 1. The highest BCUT2D eigenvalue weighted by Crippen LogP contribution is 2.42. The summed E-state index contributed by atoms with van der Waals surface area (Å²) in [4.78, 5) is 0.0103. The van der Waals surface area contributed by atoms with Gasteiger partial charge in [0.15, 0.2) is 0 Å². The molecular weight excluding hydrogens is 362 g/mol. The first-order valence-corrected chi connectivity index (χ1v) is 7.70. The fraction of sp³-hybridized carbons (Fsp3) is 0.167. The van der Waals surface area contributed by atoms with Gasteiger partial charge < -0.3 is 0 Å². The second-order valence-corrected chi connectivity index (χ2v) is 7.34. The summed E-state index contributed by atoms with van der Waals surface area (Å²) in [7, 11) is 0. The Hall–Kier alpha value is 0.270. The van der Waals surface area contributed by atoms with Crippen LogP contribution in [0.2, 0.25) is 13.7 Å². The molecule has 1 heterocycles. The molecule has 0 radical (unpaired) electrons. The van der Waals surface area contributed by atoms with Crippen molar-refractivity contribution in [1.82, 2.24) is 0 Å². The first-order valence-electron chi connectivity index (χ1n) is 4.83. The molecule has 0 saturated carbocycles. The molecule has 1 atom stereocenters. The molecule has 17 heavy (non-hydrogen) atoms. The summed E-state index contributed by atoms with van der Waals surface area (Å²) in [6.07, 6.45) is 0. The lowest BCUT2D eigenvalue weighted by molar-refractivity contribution is 1.18. The third-order valence-corrected chi connectivity index (χ3v) is 5.07. The maximum atomic E-state index is 6.14. The average molecular weight is 371 g/mol. The number of hydrogen-bond donors (Lipinski definition) is 0. The minimum atomic E-state index is 0.0103. The molecule has 2 rings (SSSR count). The lowest BCUT2D eigenvalue weighted by atomic mass is 10.1. The van der Waals surface area contributed by atoms with Crippen LogP contribution in [0.5, 0.6) is 0 Å². The van der Waals surface area contributed by atoms with E-state index in [1.54, 1.807) is 0 Å². The lowest BCUT2D eigenvalue weighted by Crippen LogP contribution is -1.92. The van der Waals surface area contributed by atoms with Crippen molar-refractivity contribution in [1.29, 1.82) is 0 Å². The van der Waals surface area contributed by atoms with Crippen molar-refractivity contribution in [3.8, 4) is 0 Å². The maximum absolute atomic E-state index is 6.14. The lowest BCUT2D eigenvalue weighted by Gasteiger charge is -2.11. The van der Waals surface area contributed by atoms with Gasteiger partial charge in [0.05, 0.1) is 13.5 Å². The zero-order chi connectivity index (χ0) is 12.6. The van der Waals surface area contributed by atoms with E-state index in [1.807, 2.05) is 25.1 Å². The van der Waals surface area contributed by atoms with Crippen LogP contribution in [0, 0.1) is 6.92 Å². The maximum Gasteiger partial charge on any atom is 0.0990 e. The van der Waals surface area contributed by atoms with Gasteiger partial charge in [0.25, 0.3) is 0 Å². The molecular formula is C12H8BrCl3S. The summed E-state index contributed by atoms with van der Waals surface area (Å²) in [5, 5.41) is 0.724. The first kappa shape index (κ1) is 13.7.